The van der Waals surface area contributed by atoms with Gasteiger partial charge in [-0.15, -0.1) is 0 Å². The maximum atomic E-state index is 11.4. The number of aliphatic hydroxyl groups excluding tert-OH is 1. The normalized spacial score (nSPS) is 36.1. The molecule has 2 aliphatic heterocycles. The predicted molar refractivity (Wildman–Crippen MR) is 104 cm³/mol. The van der Waals surface area contributed by atoms with E-state index in [2.05, 4.69) is 15.9 Å². The van der Waals surface area contributed by atoms with Gasteiger partial charge in [0, 0.05) is 39.0 Å². The Hall–Kier alpha value is -1.69. The van der Waals surface area contributed by atoms with Crippen molar-refractivity contribution in [2.24, 2.45) is 5.92 Å². The van der Waals surface area contributed by atoms with Gasteiger partial charge in [-0.3, -0.25) is 4.90 Å². The number of aliphatic hydroxyl groups is 2. The van der Waals surface area contributed by atoms with Gasteiger partial charge in [-0.2, -0.15) is 5.26 Å². The zero-order valence-electron chi connectivity index (χ0n) is 16.3. The highest BCUT2D eigenvalue weighted by Crippen LogP contribution is 2.45. The summed E-state index contributed by atoms with van der Waals surface area (Å²) in [4.78, 5) is 4.51. The van der Waals surface area contributed by atoms with Crippen LogP contribution in [-0.2, 0) is 9.47 Å². The number of methoxy groups -OCH3 is 1. The van der Waals surface area contributed by atoms with Gasteiger partial charge in [-0.1, -0.05) is 0 Å². The summed E-state index contributed by atoms with van der Waals surface area (Å²) in [5.74, 6) is 0.0398. The number of ether oxygens (including phenoxy) is 2. The van der Waals surface area contributed by atoms with E-state index in [-0.39, 0.29) is 24.7 Å². The first kappa shape index (κ1) is 19.6. The summed E-state index contributed by atoms with van der Waals surface area (Å²) >= 11 is 0. The van der Waals surface area contributed by atoms with Crippen molar-refractivity contribution < 1.29 is 19.7 Å². The number of hydrogen-bond donors (Lipinski definition) is 2. The average molecular weight is 387 g/mol. The summed E-state index contributed by atoms with van der Waals surface area (Å²) in [6.07, 6.45) is 0.791. The monoisotopic (exact) mass is 387 g/mol. The van der Waals surface area contributed by atoms with Gasteiger partial charge in [0.1, 0.15) is 5.60 Å². The molecule has 1 aliphatic carbocycles. The van der Waals surface area contributed by atoms with E-state index < -0.39 is 11.7 Å². The number of benzene rings is 1. The Morgan fingerprint density at radius 2 is 1.93 bits per heavy atom. The number of anilines is 1. The van der Waals surface area contributed by atoms with Crippen molar-refractivity contribution in [3.8, 4) is 6.07 Å². The molecule has 152 valence electrons. The zero-order valence-corrected chi connectivity index (χ0v) is 16.3. The summed E-state index contributed by atoms with van der Waals surface area (Å²) in [6.45, 7) is 3.97. The SMILES string of the molecule is COC[C@H]1C[C@H]2C[C@@H](O)[C@H](N3CCN(c4ccc(C#N)cc4)CC3)[C@]2(O)CO1. The van der Waals surface area contributed by atoms with Crippen LogP contribution in [0.3, 0.4) is 0 Å². The first-order valence-electron chi connectivity index (χ1n) is 10.1. The molecule has 5 atom stereocenters. The quantitative estimate of drug-likeness (QED) is 0.782. The molecule has 0 radical (unpaired) electrons. The fourth-order valence-corrected chi connectivity index (χ4v) is 5.21. The molecule has 0 aromatic heterocycles. The van der Waals surface area contributed by atoms with Gasteiger partial charge in [0.25, 0.3) is 0 Å². The van der Waals surface area contributed by atoms with E-state index >= 15 is 0 Å². The van der Waals surface area contributed by atoms with Crippen LogP contribution in [0, 0.1) is 17.2 Å². The molecule has 3 aliphatic rings. The highest BCUT2D eigenvalue weighted by Gasteiger charge is 2.58. The number of hydrogen-bond acceptors (Lipinski definition) is 7. The Morgan fingerprint density at radius 3 is 2.57 bits per heavy atom. The molecule has 0 spiro atoms. The van der Waals surface area contributed by atoms with Gasteiger partial charge < -0.3 is 24.6 Å². The van der Waals surface area contributed by atoms with Gasteiger partial charge in [0.15, 0.2) is 0 Å². The molecule has 7 heteroatoms. The van der Waals surface area contributed by atoms with Crippen molar-refractivity contribution in [1.82, 2.24) is 4.90 Å². The second kappa shape index (κ2) is 7.97. The van der Waals surface area contributed by atoms with E-state index in [0.29, 0.717) is 18.6 Å². The Balaban J connectivity index is 1.40. The van der Waals surface area contributed by atoms with E-state index in [4.69, 9.17) is 14.7 Å². The van der Waals surface area contributed by atoms with E-state index in [9.17, 15) is 10.2 Å². The summed E-state index contributed by atoms with van der Waals surface area (Å²) in [6, 6.07) is 9.49. The molecule has 0 unspecified atom stereocenters. The number of piperazine rings is 1. The third kappa shape index (κ3) is 3.51. The van der Waals surface area contributed by atoms with E-state index in [0.717, 1.165) is 38.3 Å². The number of nitriles is 1. The van der Waals surface area contributed by atoms with Crippen molar-refractivity contribution in [2.75, 3.05) is 51.4 Å². The van der Waals surface area contributed by atoms with Crippen LogP contribution < -0.4 is 4.90 Å². The summed E-state index contributed by atoms with van der Waals surface area (Å²) in [7, 11) is 1.66. The van der Waals surface area contributed by atoms with E-state index in [1.54, 1.807) is 7.11 Å². The van der Waals surface area contributed by atoms with Crippen LogP contribution in [0.4, 0.5) is 5.69 Å². The lowest BCUT2D eigenvalue weighted by molar-refractivity contribution is -0.180. The standard InChI is InChI=1S/C21H29N3O4/c1-27-13-18-10-16-11-19(25)20(21(16,26)14-28-18)24-8-6-23(7-9-24)17-4-2-15(12-22)3-5-17/h2-5,16,18-20,25-26H,6-11,13-14H2,1H3/t16-,18+,19+,20-,21-/m0/s1. The first-order valence-corrected chi connectivity index (χ1v) is 10.1. The molecule has 2 heterocycles. The van der Waals surface area contributed by atoms with Gasteiger partial charge >= 0.3 is 0 Å². The maximum absolute atomic E-state index is 11.4. The minimum absolute atomic E-state index is 0.00513. The number of fused-ring (bicyclic) bond motifs is 1. The fraction of sp³-hybridized carbons (Fsp3) is 0.667. The second-order valence-electron chi connectivity index (χ2n) is 8.24. The highest BCUT2D eigenvalue weighted by molar-refractivity contribution is 5.50. The second-order valence-corrected chi connectivity index (χ2v) is 8.24. The molecular weight excluding hydrogens is 358 g/mol. The van der Waals surface area contributed by atoms with Crippen LogP contribution >= 0.6 is 0 Å². The van der Waals surface area contributed by atoms with Crippen molar-refractivity contribution in [3.05, 3.63) is 29.8 Å². The molecule has 2 N–H and O–H groups in total. The third-order valence-corrected chi connectivity index (χ3v) is 6.63. The van der Waals surface area contributed by atoms with Gasteiger partial charge in [0.05, 0.1) is 43.1 Å². The van der Waals surface area contributed by atoms with E-state index in [1.807, 2.05) is 24.3 Å². The molecular formula is C21H29N3O4. The first-order chi connectivity index (χ1) is 13.5. The lowest BCUT2D eigenvalue weighted by Crippen LogP contribution is -2.63. The van der Waals surface area contributed by atoms with Crippen molar-refractivity contribution >= 4 is 5.69 Å². The molecule has 0 bridgehead atoms. The molecule has 28 heavy (non-hydrogen) atoms. The summed E-state index contributed by atoms with van der Waals surface area (Å²) in [5.41, 5.74) is 0.764. The lowest BCUT2D eigenvalue weighted by Gasteiger charge is -2.47. The molecule has 1 aromatic rings. The van der Waals surface area contributed by atoms with Crippen molar-refractivity contribution in [1.29, 1.82) is 5.26 Å². The van der Waals surface area contributed by atoms with Crippen LogP contribution in [-0.4, -0.2) is 85.5 Å². The molecule has 4 rings (SSSR count). The van der Waals surface area contributed by atoms with Crippen molar-refractivity contribution in [3.63, 3.8) is 0 Å². The molecule has 3 fully saturated rings. The Morgan fingerprint density at radius 1 is 1.21 bits per heavy atom. The van der Waals surface area contributed by atoms with Crippen LogP contribution in [0.5, 0.6) is 0 Å². The Bertz CT molecular complexity index is 713. The topological polar surface area (TPSA) is 89.2 Å². The molecule has 7 nitrogen and oxygen atoms in total. The Labute approximate surface area is 166 Å². The van der Waals surface area contributed by atoms with Gasteiger partial charge in [-0.05, 0) is 43.0 Å². The average Bonchev–Trinajstić information content (AvgIpc) is 2.98. The third-order valence-electron chi connectivity index (χ3n) is 6.63. The fourth-order valence-electron chi connectivity index (χ4n) is 5.21. The zero-order chi connectivity index (χ0) is 19.7. The Kier molecular flexibility index (Phi) is 5.59. The molecule has 0 amide bonds. The van der Waals surface area contributed by atoms with Gasteiger partial charge in [-0.25, -0.2) is 0 Å². The maximum Gasteiger partial charge on any atom is 0.109 e. The lowest BCUT2D eigenvalue weighted by atomic mass is 9.82. The minimum atomic E-state index is -1.000. The minimum Gasteiger partial charge on any atom is -0.391 e. The number of nitrogens with zero attached hydrogens (tertiary/aromatic N) is 3. The molecule has 1 aromatic carbocycles. The predicted octanol–water partition coefficient (Wildman–Crippen LogP) is 0.596. The van der Waals surface area contributed by atoms with Crippen LogP contribution in [0.2, 0.25) is 0 Å². The van der Waals surface area contributed by atoms with Crippen LogP contribution in [0.25, 0.3) is 0 Å². The van der Waals surface area contributed by atoms with E-state index in [1.165, 1.54) is 0 Å². The van der Waals surface area contributed by atoms with Crippen LogP contribution in [0.1, 0.15) is 18.4 Å². The highest BCUT2D eigenvalue weighted by atomic mass is 16.5. The molecule has 1 saturated carbocycles. The summed E-state index contributed by atoms with van der Waals surface area (Å²) in [5, 5.41) is 31.1. The van der Waals surface area contributed by atoms with Crippen molar-refractivity contribution in [2.45, 2.75) is 36.7 Å². The number of rotatable bonds is 4. The summed E-state index contributed by atoms with van der Waals surface area (Å²) < 4.78 is 11.1. The molecule has 2 saturated heterocycles. The smallest absolute Gasteiger partial charge is 0.109 e. The van der Waals surface area contributed by atoms with Gasteiger partial charge in [0.2, 0.25) is 0 Å². The van der Waals surface area contributed by atoms with Crippen LogP contribution in [0.15, 0.2) is 24.3 Å². The largest absolute Gasteiger partial charge is 0.391 e.